The minimum atomic E-state index is -1.21. The van der Waals surface area contributed by atoms with Crippen LogP contribution < -0.4 is 15.4 Å². The molecule has 1 saturated heterocycles. The monoisotopic (exact) mass is 481 g/mol. The summed E-state index contributed by atoms with van der Waals surface area (Å²) in [5.74, 6) is -0.769. The molecule has 0 aliphatic carbocycles. The van der Waals surface area contributed by atoms with Crippen molar-refractivity contribution < 1.29 is 23.5 Å². The lowest BCUT2D eigenvalue weighted by atomic mass is 9.92. The topological polar surface area (TPSA) is 87.7 Å². The lowest BCUT2D eigenvalue weighted by molar-refractivity contribution is -0.134. The summed E-state index contributed by atoms with van der Waals surface area (Å²) in [4.78, 5) is 40.5. The van der Waals surface area contributed by atoms with E-state index in [1.165, 1.54) is 30.6 Å². The fraction of sp³-hybridized carbons (Fsp3) is 0.240. The van der Waals surface area contributed by atoms with Crippen LogP contribution in [0.3, 0.4) is 0 Å². The first kappa shape index (κ1) is 23.4. The molecule has 3 aromatic rings. The number of carbonyl (C=O) groups excluding carboxylic acids is 3. The number of hydrogen-bond acceptors (Lipinski definition) is 5. The van der Waals surface area contributed by atoms with Crippen LogP contribution in [-0.4, -0.2) is 41.9 Å². The summed E-state index contributed by atoms with van der Waals surface area (Å²) in [7, 11) is 1.54. The average molecular weight is 482 g/mol. The van der Waals surface area contributed by atoms with E-state index in [4.69, 9.17) is 4.74 Å². The molecular weight excluding hydrogens is 457 g/mol. The predicted molar refractivity (Wildman–Crippen MR) is 126 cm³/mol. The molecule has 0 saturated carbocycles. The SMILES string of the molecule is COc1ccccc1C[C@@]1(C)NC(=O)N(CC(=O)N[C@@H](c2ccc(F)cc2)c2cccs2)C1=O. The van der Waals surface area contributed by atoms with Gasteiger partial charge in [-0.3, -0.25) is 14.5 Å². The quantitative estimate of drug-likeness (QED) is 0.481. The van der Waals surface area contributed by atoms with Crippen molar-refractivity contribution >= 4 is 29.2 Å². The molecule has 34 heavy (non-hydrogen) atoms. The number of imide groups is 1. The molecule has 0 radical (unpaired) electrons. The number of hydrogen-bond donors (Lipinski definition) is 2. The number of carbonyl (C=O) groups is 3. The highest BCUT2D eigenvalue weighted by atomic mass is 32.1. The van der Waals surface area contributed by atoms with Crippen LogP contribution in [0.4, 0.5) is 9.18 Å². The molecule has 1 aliphatic heterocycles. The number of para-hydroxylation sites is 1. The van der Waals surface area contributed by atoms with Crippen molar-refractivity contribution in [1.29, 1.82) is 0 Å². The third-order valence-electron chi connectivity index (χ3n) is 5.72. The van der Waals surface area contributed by atoms with Gasteiger partial charge in [-0.25, -0.2) is 9.18 Å². The standard InChI is InChI=1S/C25H24FN3O4S/c1-25(14-17-6-3-4-7-19(17)33-2)23(31)29(24(32)28-25)15-21(30)27-22(20-8-5-13-34-20)16-9-11-18(26)12-10-16/h3-13,22H,14-15H2,1-2H3,(H,27,30)(H,28,32)/t22-,25+/m0/s1. The highest BCUT2D eigenvalue weighted by Crippen LogP contribution is 2.28. The number of amides is 4. The average Bonchev–Trinajstić information content (AvgIpc) is 3.42. The molecule has 0 unspecified atom stereocenters. The maximum absolute atomic E-state index is 13.4. The molecular formula is C25H24FN3O4S. The molecule has 0 spiro atoms. The Morgan fingerprint density at radius 1 is 1.15 bits per heavy atom. The molecule has 2 N–H and O–H groups in total. The van der Waals surface area contributed by atoms with Crippen LogP contribution in [0.25, 0.3) is 0 Å². The molecule has 2 aromatic carbocycles. The van der Waals surface area contributed by atoms with E-state index in [0.717, 1.165) is 15.3 Å². The molecule has 1 aliphatic rings. The van der Waals surface area contributed by atoms with Gasteiger partial charge in [-0.1, -0.05) is 36.4 Å². The van der Waals surface area contributed by atoms with Crippen molar-refractivity contribution in [3.63, 3.8) is 0 Å². The summed E-state index contributed by atoms with van der Waals surface area (Å²) in [5, 5.41) is 7.46. The fourth-order valence-corrected chi connectivity index (χ4v) is 4.82. The van der Waals surface area contributed by atoms with Gasteiger partial charge in [0.1, 0.15) is 23.7 Å². The second-order valence-electron chi connectivity index (χ2n) is 8.21. The zero-order chi connectivity index (χ0) is 24.3. The zero-order valence-electron chi connectivity index (χ0n) is 18.7. The molecule has 2 atom stereocenters. The van der Waals surface area contributed by atoms with Gasteiger partial charge in [-0.2, -0.15) is 0 Å². The zero-order valence-corrected chi connectivity index (χ0v) is 19.5. The van der Waals surface area contributed by atoms with E-state index in [-0.39, 0.29) is 12.2 Å². The molecule has 4 rings (SSSR count). The van der Waals surface area contributed by atoms with Gasteiger partial charge in [0, 0.05) is 11.3 Å². The van der Waals surface area contributed by atoms with E-state index >= 15 is 0 Å². The van der Waals surface area contributed by atoms with Crippen LogP contribution >= 0.6 is 11.3 Å². The first-order valence-electron chi connectivity index (χ1n) is 10.6. The first-order chi connectivity index (χ1) is 16.3. The van der Waals surface area contributed by atoms with Gasteiger partial charge in [0.15, 0.2) is 0 Å². The van der Waals surface area contributed by atoms with Gasteiger partial charge in [-0.05, 0) is 47.7 Å². The van der Waals surface area contributed by atoms with E-state index < -0.39 is 36.0 Å². The molecule has 176 valence electrons. The van der Waals surface area contributed by atoms with Crippen LogP contribution in [0.15, 0.2) is 66.0 Å². The van der Waals surface area contributed by atoms with Crippen molar-refractivity contribution in [3.05, 3.63) is 87.9 Å². The van der Waals surface area contributed by atoms with Crippen molar-refractivity contribution in [2.45, 2.75) is 24.9 Å². The Hall–Kier alpha value is -3.72. The van der Waals surface area contributed by atoms with E-state index in [2.05, 4.69) is 10.6 Å². The molecule has 7 nitrogen and oxygen atoms in total. The molecule has 9 heteroatoms. The van der Waals surface area contributed by atoms with Gasteiger partial charge in [-0.15, -0.1) is 11.3 Å². The minimum Gasteiger partial charge on any atom is -0.496 e. The van der Waals surface area contributed by atoms with Gasteiger partial charge in [0.25, 0.3) is 5.91 Å². The normalized spacial score (nSPS) is 18.5. The highest BCUT2D eigenvalue weighted by molar-refractivity contribution is 7.10. The summed E-state index contributed by atoms with van der Waals surface area (Å²) in [6, 6.07) is 15.6. The maximum Gasteiger partial charge on any atom is 0.325 e. The number of halogens is 1. The molecule has 0 bridgehead atoms. The van der Waals surface area contributed by atoms with Crippen molar-refractivity contribution in [1.82, 2.24) is 15.5 Å². The van der Waals surface area contributed by atoms with Crippen LogP contribution in [0, 0.1) is 5.82 Å². The number of thiophene rings is 1. The van der Waals surface area contributed by atoms with Gasteiger partial charge < -0.3 is 15.4 Å². The van der Waals surface area contributed by atoms with E-state index in [1.54, 1.807) is 25.1 Å². The number of rotatable bonds is 8. The fourth-order valence-electron chi connectivity index (χ4n) is 4.02. The summed E-state index contributed by atoms with van der Waals surface area (Å²) in [6.07, 6.45) is 0.215. The van der Waals surface area contributed by atoms with Crippen molar-refractivity contribution in [2.75, 3.05) is 13.7 Å². The molecule has 1 fully saturated rings. The Kier molecular flexibility index (Phi) is 6.65. The second kappa shape index (κ2) is 9.64. The van der Waals surface area contributed by atoms with E-state index in [1.807, 2.05) is 35.7 Å². The number of urea groups is 1. The number of nitrogens with zero attached hydrogens (tertiary/aromatic N) is 1. The third kappa shape index (κ3) is 4.79. The van der Waals surface area contributed by atoms with E-state index in [9.17, 15) is 18.8 Å². The minimum absolute atomic E-state index is 0.215. The van der Waals surface area contributed by atoms with Gasteiger partial charge >= 0.3 is 6.03 Å². The molecule has 1 aromatic heterocycles. The lowest BCUT2D eigenvalue weighted by Gasteiger charge is -2.23. The Labute approximate surface area is 200 Å². The Bertz CT molecular complexity index is 1200. The Morgan fingerprint density at radius 3 is 2.56 bits per heavy atom. The smallest absolute Gasteiger partial charge is 0.325 e. The van der Waals surface area contributed by atoms with Crippen molar-refractivity contribution in [3.8, 4) is 5.75 Å². The predicted octanol–water partition coefficient (Wildman–Crippen LogP) is 3.65. The summed E-state index contributed by atoms with van der Waals surface area (Å²) < 4.78 is 18.8. The van der Waals surface area contributed by atoms with Crippen LogP contribution in [0.2, 0.25) is 0 Å². The van der Waals surface area contributed by atoms with Crippen molar-refractivity contribution in [2.24, 2.45) is 0 Å². The number of methoxy groups -OCH3 is 1. The third-order valence-corrected chi connectivity index (χ3v) is 6.66. The number of ether oxygens (including phenoxy) is 1. The highest BCUT2D eigenvalue weighted by Gasteiger charge is 2.48. The maximum atomic E-state index is 13.4. The lowest BCUT2D eigenvalue weighted by Crippen LogP contribution is -2.47. The van der Waals surface area contributed by atoms with Crippen LogP contribution in [-0.2, 0) is 16.0 Å². The van der Waals surface area contributed by atoms with Gasteiger partial charge in [0.2, 0.25) is 5.91 Å². The number of benzene rings is 2. The van der Waals surface area contributed by atoms with E-state index in [0.29, 0.717) is 11.3 Å². The largest absolute Gasteiger partial charge is 0.496 e. The molecule has 4 amide bonds. The van der Waals surface area contributed by atoms with Crippen LogP contribution in [0.1, 0.15) is 29.0 Å². The first-order valence-corrected chi connectivity index (χ1v) is 11.5. The number of nitrogens with one attached hydrogen (secondary N) is 2. The summed E-state index contributed by atoms with van der Waals surface area (Å²) in [6.45, 7) is 1.19. The summed E-state index contributed by atoms with van der Waals surface area (Å²) >= 11 is 1.44. The Balaban J connectivity index is 1.49. The van der Waals surface area contributed by atoms with Gasteiger partial charge in [0.05, 0.1) is 13.2 Å². The van der Waals surface area contributed by atoms with Crippen LogP contribution in [0.5, 0.6) is 5.75 Å². The molecule has 2 heterocycles. The second-order valence-corrected chi connectivity index (χ2v) is 9.19. The summed E-state index contributed by atoms with van der Waals surface area (Å²) in [5.41, 5.74) is 0.243. The Morgan fingerprint density at radius 2 is 1.88 bits per heavy atom.